The number of anilines is 1. The van der Waals surface area contributed by atoms with E-state index < -0.39 is 0 Å². The number of hydrogen-bond acceptors (Lipinski definition) is 4. The normalized spacial score (nSPS) is 11.3. The van der Waals surface area contributed by atoms with Crippen molar-refractivity contribution in [2.75, 3.05) is 5.32 Å². The molecular formula is C14H12Cl2N4OS. The molecule has 1 amide bonds. The number of amides is 1. The van der Waals surface area contributed by atoms with Crippen molar-refractivity contribution in [3.63, 3.8) is 0 Å². The largest absolute Gasteiger partial charge is 0.296 e. The third-order valence-corrected chi connectivity index (χ3v) is 4.77. The highest BCUT2D eigenvalue weighted by molar-refractivity contribution is 7.22. The van der Waals surface area contributed by atoms with E-state index in [0.29, 0.717) is 26.4 Å². The molecule has 0 atom stereocenters. The Morgan fingerprint density at radius 1 is 1.32 bits per heavy atom. The topological polar surface area (TPSA) is 59.8 Å². The van der Waals surface area contributed by atoms with Crippen LogP contribution in [0.1, 0.15) is 30.4 Å². The van der Waals surface area contributed by atoms with Crippen molar-refractivity contribution >= 4 is 55.8 Å². The molecule has 0 saturated carbocycles. The molecule has 0 unspecified atom stereocenters. The van der Waals surface area contributed by atoms with Gasteiger partial charge in [0.05, 0.1) is 14.7 Å². The van der Waals surface area contributed by atoms with E-state index in [0.717, 1.165) is 4.70 Å². The Morgan fingerprint density at radius 2 is 2.09 bits per heavy atom. The summed E-state index contributed by atoms with van der Waals surface area (Å²) in [5, 5.41) is 8.25. The minimum absolute atomic E-state index is 0.199. The number of fused-ring (bicyclic) bond motifs is 1. The van der Waals surface area contributed by atoms with Crippen molar-refractivity contribution in [1.29, 1.82) is 0 Å². The fourth-order valence-corrected chi connectivity index (χ4v) is 3.18. The lowest BCUT2D eigenvalue weighted by Crippen LogP contribution is -2.13. The maximum Gasteiger partial charge on any atom is 0.277 e. The van der Waals surface area contributed by atoms with Crippen molar-refractivity contribution < 1.29 is 4.79 Å². The Kier molecular flexibility index (Phi) is 4.08. The molecule has 22 heavy (non-hydrogen) atoms. The Labute approximate surface area is 140 Å². The van der Waals surface area contributed by atoms with Gasteiger partial charge in [-0.3, -0.25) is 14.8 Å². The molecule has 0 bridgehead atoms. The summed E-state index contributed by atoms with van der Waals surface area (Å²) in [5.74, 6) is -0.305. The molecule has 0 aliphatic rings. The second kappa shape index (κ2) is 5.87. The van der Waals surface area contributed by atoms with Crippen LogP contribution < -0.4 is 5.32 Å². The average molecular weight is 355 g/mol. The molecule has 0 fully saturated rings. The second-order valence-corrected chi connectivity index (χ2v) is 6.77. The van der Waals surface area contributed by atoms with Crippen LogP contribution >= 0.6 is 34.5 Å². The summed E-state index contributed by atoms with van der Waals surface area (Å²) >= 11 is 13.4. The standard InChI is InChI=1S/C14H12Cl2N4OS/c1-7(2)20-6-5-9(19-20)13(21)18-14-17-12-10(22-14)4-3-8(15)11(12)16/h3-7H,1-2H3,(H,17,18,21). The van der Waals surface area contributed by atoms with Crippen molar-refractivity contribution in [1.82, 2.24) is 14.8 Å². The molecule has 114 valence electrons. The Hall–Kier alpha value is -1.63. The Morgan fingerprint density at radius 3 is 2.77 bits per heavy atom. The maximum atomic E-state index is 12.2. The van der Waals surface area contributed by atoms with Gasteiger partial charge in [0, 0.05) is 12.2 Å². The molecule has 0 aliphatic heterocycles. The fourth-order valence-electron chi connectivity index (χ4n) is 1.90. The van der Waals surface area contributed by atoms with Crippen molar-refractivity contribution in [3.05, 3.63) is 40.1 Å². The molecule has 2 heterocycles. The molecule has 0 aliphatic carbocycles. The molecule has 0 saturated heterocycles. The summed E-state index contributed by atoms with van der Waals surface area (Å²) in [7, 11) is 0. The Bertz CT molecular complexity index is 856. The number of carbonyl (C=O) groups excluding carboxylic acids is 1. The van der Waals surface area contributed by atoms with Crippen LogP contribution in [0.5, 0.6) is 0 Å². The molecule has 0 spiro atoms. The number of halogens is 2. The zero-order valence-electron chi connectivity index (χ0n) is 11.8. The maximum absolute atomic E-state index is 12.2. The number of thiazole rings is 1. The predicted molar refractivity (Wildman–Crippen MR) is 90.2 cm³/mol. The molecule has 8 heteroatoms. The van der Waals surface area contributed by atoms with E-state index in [1.807, 2.05) is 19.9 Å². The number of carbonyl (C=O) groups is 1. The minimum Gasteiger partial charge on any atom is -0.296 e. The lowest BCUT2D eigenvalue weighted by atomic mass is 10.3. The van der Waals surface area contributed by atoms with E-state index in [1.165, 1.54) is 11.3 Å². The highest BCUT2D eigenvalue weighted by Crippen LogP contribution is 2.35. The summed E-state index contributed by atoms with van der Waals surface area (Å²) < 4.78 is 2.58. The van der Waals surface area contributed by atoms with Crippen LogP contribution in [0.25, 0.3) is 10.2 Å². The van der Waals surface area contributed by atoms with Crippen LogP contribution in [0, 0.1) is 0 Å². The molecule has 3 rings (SSSR count). The van der Waals surface area contributed by atoms with E-state index >= 15 is 0 Å². The number of rotatable bonds is 3. The van der Waals surface area contributed by atoms with Gasteiger partial charge in [-0.05, 0) is 32.0 Å². The van der Waals surface area contributed by atoms with Gasteiger partial charge in [-0.2, -0.15) is 5.10 Å². The molecule has 2 aromatic heterocycles. The summed E-state index contributed by atoms with van der Waals surface area (Å²) in [5.41, 5.74) is 0.930. The Balaban J connectivity index is 1.86. The smallest absolute Gasteiger partial charge is 0.277 e. The first kappa shape index (κ1) is 15.3. The van der Waals surface area contributed by atoms with Gasteiger partial charge in [0.25, 0.3) is 5.91 Å². The van der Waals surface area contributed by atoms with Crippen molar-refractivity contribution in [2.45, 2.75) is 19.9 Å². The molecule has 5 nitrogen and oxygen atoms in total. The highest BCUT2D eigenvalue weighted by Gasteiger charge is 2.15. The van der Waals surface area contributed by atoms with Crippen molar-refractivity contribution in [2.24, 2.45) is 0 Å². The fraction of sp³-hybridized carbons (Fsp3) is 0.214. The van der Waals surface area contributed by atoms with Gasteiger partial charge in [0.15, 0.2) is 10.8 Å². The van der Waals surface area contributed by atoms with Gasteiger partial charge >= 0.3 is 0 Å². The second-order valence-electron chi connectivity index (χ2n) is 4.96. The first-order valence-electron chi connectivity index (χ1n) is 6.56. The monoisotopic (exact) mass is 354 g/mol. The van der Waals surface area contributed by atoms with Crippen LogP contribution in [-0.4, -0.2) is 20.7 Å². The summed E-state index contributed by atoms with van der Waals surface area (Å²) in [6.45, 7) is 3.99. The number of nitrogens with one attached hydrogen (secondary N) is 1. The average Bonchev–Trinajstić information content (AvgIpc) is 3.09. The molecule has 1 aromatic carbocycles. The first-order chi connectivity index (χ1) is 10.5. The summed E-state index contributed by atoms with van der Waals surface area (Å²) in [6.07, 6.45) is 1.77. The molecular weight excluding hydrogens is 343 g/mol. The third kappa shape index (κ3) is 2.82. The lowest BCUT2D eigenvalue weighted by molar-refractivity contribution is 0.102. The highest BCUT2D eigenvalue weighted by atomic mass is 35.5. The van der Waals surface area contributed by atoms with Gasteiger partial charge in [0.1, 0.15) is 5.52 Å². The van der Waals surface area contributed by atoms with Crippen LogP contribution in [0.4, 0.5) is 5.13 Å². The molecule has 0 radical (unpaired) electrons. The number of hydrogen-bond donors (Lipinski definition) is 1. The number of aromatic nitrogens is 3. The summed E-state index contributed by atoms with van der Waals surface area (Å²) in [6, 6.07) is 5.40. The number of nitrogens with zero attached hydrogens (tertiary/aromatic N) is 3. The van der Waals surface area contributed by atoms with Crippen molar-refractivity contribution in [3.8, 4) is 0 Å². The van der Waals surface area contributed by atoms with E-state index in [1.54, 1.807) is 23.0 Å². The lowest BCUT2D eigenvalue weighted by Gasteiger charge is -2.03. The van der Waals surface area contributed by atoms with E-state index in [9.17, 15) is 4.79 Å². The molecule has 1 N–H and O–H groups in total. The zero-order valence-corrected chi connectivity index (χ0v) is 14.1. The van der Waals surface area contributed by atoms with Gasteiger partial charge in [0.2, 0.25) is 0 Å². The molecule has 3 aromatic rings. The van der Waals surface area contributed by atoms with E-state index in [-0.39, 0.29) is 11.9 Å². The zero-order chi connectivity index (χ0) is 15.9. The van der Waals surface area contributed by atoms with Gasteiger partial charge in [-0.15, -0.1) is 0 Å². The van der Waals surface area contributed by atoms with E-state index in [2.05, 4.69) is 15.4 Å². The van der Waals surface area contributed by atoms with Crippen LogP contribution in [0.15, 0.2) is 24.4 Å². The SMILES string of the molecule is CC(C)n1ccc(C(=O)Nc2nc3c(Cl)c(Cl)ccc3s2)n1. The third-order valence-electron chi connectivity index (χ3n) is 3.04. The van der Waals surface area contributed by atoms with Gasteiger partial charge in [-0.25, -0.2) is 4.98 Å². The van der Waals surface area contributed by atoms with Crippen LogP contribution in [-0.2, 0) is 0 Å². The van der Waals surface area contributed by atoms with Crippen LogP contribution in [0.3, 0.4) is 0 Å². The quantitative estimate of drug-likeness (QED) is 0.745. The van der Waals surface area contributed by atoms with E-state index in [4.69, 9.17) is 23.2 Å². The minimum atomic E-state index is -0.305. The number of benzene rings is 1. The first-order valence-corrected chi connectivity index (χ1v) is 8.14. The van der Waals surface area contributed by atoms with Gasteiger partial charge < -0.3 is 0 Å². The van der Waals surface area contributed by atoms with Crippen LogP contribution in [0.2, 0.25) is 10.0 Å². The summed E-state index contributed by atoms with van der Waals surface area (Å²) in [4.78, 5) is 16.5. The van der Waals surface area contributed by atoms with Gasteiger partial charge in [-0.1, -0.05) is 34.5 Å². The predicted octanol–water partition coefficient (Wildman–Crippen LogP) is 4.63.